The Morgan fingerprint density at radius 2 is 1.85 bits per heavy atom. The second-order valence-corrected chi connectivity index (χ2v) is 8.44. The summed E-state index contributed by atoms with van der Waals surface area (Å²) in [5, 5.41) is 2.80. The number of nitrogens with one attached hydrogen (secondary N) is 2. The minimum Gasteiger partial charge on any atom is -0.468 e. The molecule has 1 amide bonds. The van der Waals surface area contributed by atoms with E-state index < -0.39 is 10.0 Å². The molecule has 1 aliphatic heterocycles. The Balaban J connectivity index is 1.59. The average molecular weight is 391 g/mol. The fourth-order valence-electron chi connectivity index (χ4n) is 3.10. The number of amides is 1. The number of carbonyl (C=O) groups excluding carboxylic acids is 1. The third-order valence-corrected chi connectivity index (χ3v) is 5.91. The second-order valence-electron chi connectivity index (χ2n) is 6.67. The van der Waals surface area contributed by atoms with Crippen LogP contribution in [0.4, 0.5) is 5.69 Å². The highest BCUT2D eigenvalue weighted by molar-refractivity contribution is 7.89. The van der Waals surface area contributed by atoms with Crippen LogP contribution >= 0.6 is 0 Å². The van der Waals surface area contributed by atoms with E-state index in [1.54, 1.807) is 24.3 Å². The van der Waals surface area contributed by atoms with Gasteiger partial charge in [-0.25, -0.2) is 13.1 Å². The lowest BCUT2D eigenvalue weighted by Gasteiger charge is -2.19. The summed E-state index contributed by atoms with van der Waals surface area (Å²) >= 11 is 0. The average Bonchev–Trinajstić information content (AvgIpc) is 3.04. The molecule has 1 aromatic carbocycles. The number of carbonyl (C=O) groups is 1. The minimum absolute atomic E-state index is 0.0703. The number of benzene rings is 1. The number of furan rings is 1. The van der Waals surface area contributed by atoms with Gasteiger partial charge >= 0.3 is 0 Å². The largest absolute Gasteiger partial charge is 0.468 e. The van der Waals surface area contributed by atoms with Gasteiger partial charge < -0.3 is 9.73 Å². The van der Waals surface area contributed by atoms with E-state index in [0.29, 0.717) is 18.0 Å². The molecule has 1 fully saturated rings. The molecular formula is C19H25N3O4S. The lowest BCUT2D eigenvalue weighted by atomic mass is 10.2. The van der Waals surface area contributed by atoms with Crippen molar-refractivity contribution in [3.63, 3.8) is 0 Å². The number of rotatable bonds is 7. The summed E-state index contributed by atoms with van der Waals surface area (Å²) in [5.41, 5.74) is 0.468. The van der Waals surface area contributed by atoms with Gasteiger partial charge in [-0.05, 0) is 56.3 Å². The van der Waals surface area contributed by atoms with Gasteiger partial charge in [0.2, 0.25) is 15.9 Å². The monoisotopic (exact) mass is 391 g/mol. The summed E-state index contributed by atoms with van der Waals surface area (Å²) in [6.07, 6.45) is 6.14. The van der Waals surface area contributed by atoms with Gasteiger partial charge in [-0.15, -0.1) is 0 Å². The zero-order valence-electron chi connectivity index (χ0n) is 15.2. The van der Waals surface area contributed by atoms with Crippen molar-refractivity contribution in [2.45, 2.75) is 37.1 Å². The molecule has 8 heteroatoms. The van der Waals surface area contributed by atoms with Gasteiger partial charge in [0, 0.05) is 5.69 Å². The first-order valence-corrected chi connectivity index (χ1v) is 10.7. The maximum absolute atomic E-state index is 12.4. The van der Waals surface area contributed by atoms with E-state index in [1.807, 2.05) is 0 Å². The molecule has 0 saturated carbocycles. The van der Waals surface area contributed by atoms with Crippen molar-refractivity contribution in [2.24, 2.45) is 0 Å². The Bertz CT molecular complexity index is 842. The van der Waals surface area contributed by atoms with E-state index in [-0.39, 0.29) is 17.3 Å². The van der Waals surface area contributed by atoms with Crippen molar-refractivity contribution < 1.29 is 17.6 Å². The van der Waals surface area contributed by atoms with Crippen LogP contribution in [0.15, 0.2) is 52.0 Å². The summed E-state index contributed by atoms with van der Waals surface area (Å²) in [4.78, 5) is 14.6. The van der Waals surface area contributed by atoms with Gasteiger partial charge in [-0.2, -0.15) is 0 Å². The van der Waals surface area contributed by atoms with Crippen molar-refractivity contribution in [2.75, 3.05) is 25.0 Å². The van der Waals surface area contributed by atoms with Gasteiger partial charge in [0.1, 0.15) is 5.76 Å². The first-order chi connectivity index (χ1) is 13.0. The zero-order valence-corrected chi connectivity index (χ0v) is 16.0. The number of likely N-dealkylation sites (tertiary alicyclic amines) is 1. The maximum Gasteiger partial charge on any atom is 0.241 e. The predicted molar refractivity (Wildman–Crippen MR) is 103 cm³/mol. The highest BCUT2D eigenvalue weighted by atomic mass is 32.2. The van der Waals surface area contributed by atoms with Crippen LogP contribution in [0.25, 0.3) is 0 Å². The number of nitrogens with zero attached hydrogens (tertiary/aromatic N) is 1. The highest BCUT2D eigenvalue weighted by Gasteiger charge is 2.17. The summed E-state index contributed by atoms with van der Waals surface area (Å²) in [6.45, 7) is 2.26. The smallest absolute Gasteiger partial charge is 0.241 e. The lowest BCUT2D eigenvalue weighted by Crippen LogP contribution is -2.34. The van der Waals surface area contributed by atoms with Gasteiger partial charge in [-0.3, -0.25) is 9.69 Å². The summed E-state index contributed by atoms with van der Waals surface area (Å²) in [7, 11) is -3.70. The van der Waals surface area contributed by atoms with Crippen molar-refractivity contribution in [3.05, 3.63) is 48.4 Å². The molecule has 0 unspecified atom stereocenters. The molecule has 1 aliphatic rings. The summed E-state index contributed by atoms with van der Waals surface area (Å²) < 4.78 is 32.5. The van der Waals surface area contributed by atoms with E-state index >= 15 is 0 Å². The van der Waals surface area contributed by atoms with Gasteiger partial charge in [0.25, 0.3) is 0 Å². The molecule has 27 heavy (non-hydrogen) atoms. The maximum atomic E-state index is 12.4. The standard InChI is InChI=1S/C19H25N3O4S/c23-19(15-22-10-3-1-2-4-11-22)21-16-7-5-9-18(13-16)27(24,25)20-14-17-8-6-12-26-17/h5-9,12-13,20H,1-4,10-11,14-15H2,(H,21,23). The third kappa shape index (κ3) is 5.92. The molecule has 1 saturated heterocycles. The van der Waals surface area contributed by atoms with E-state index in [1.165, 1.54) is 31.2 Å². The van der Waals surface area contributed by atoms with Crippen LogP contribution < -0.4 is 10.0 Å². The number of sulfonamides is 1. The zero-order chi connectivity index (χ0) is 19.1. The van der Waals surface area contributed by atoms with Crippen molar-refractivity contribution in [1.29, 1.82) is 0 Å². The normalized spacial score (nSPS) is 16.0. The molecule has 7 nitrogen and oxygen atoms in total. The van der Waals surface area contributed by atoms with Crippen LogP contribution in [-0.4, -0.2) is 38.9 Å². The molecule has 2 N–H and O–H groups in total. The van der Waals surface area contributed by atoms with Crippen LogP contribution in [0.2, 0.25) is 0 Å². The first kappa shape index (κ1) is 19.6. The fourth-order valence-corrected chi connectivity index (χ4v) is 4.14. The summed E-state index contributed by atoms with van der Waals surface area (Å²) in [5.74, 6) is 0.399. The Morgan fingerprint density at radius 3 is 2.56 bits per heavy atom. The highest BCUT2D eigenvalue weighted by Crippen LogP contribution is 2.16. The predicted octanol–water partition coefficient (Wildman–Crippen LogP) is 2.57. The third-order valence-electron chi connectivity index (χ3n) is 4.51. The topological polar surface area (TPSA) is 91.7 Å². The Labute approximate surface area is 159 Å². The van der Waals surface area contributed by atoms with Gasteiger partial charge in [0.05, 0.1) is 24.2 Å². The van der Waals surface area contributed by atoms with Gasteiger partial charge in [0.15, 0.2) is 0 Å². The number of anilines is 1. The van der Waals surface area contributed by atoms with Crippen LogP contribution in [-0.2, 0) is 21.4 Å². The minimum atomic E-state index is -3.70. The number of hydrogen-bond acceptors (Lipinski definition) is 5. The molecule has 2 heterocycles. The molecule has 0 aliphatic carbocycles. The van der Waals surface area contributed by atoms with E-state index in [0.717, 1.165) is 25.9 Å². The fraction of sp³-hybridized carbons (Fsp3) is 0.421. The van der Waals surface area contributed by atoms with E-state index in [9.17, 15) is 13.2 Å². The van der Waals surface area contributed by atoms with Crippen LogP contribution in [0.1, 0.15) is 31.4 Å². The molecule has 0 spiro atoms. The Hall–Kier alpha value is -2.16. The van der Waals surface area contributed by atoms with E-state index in [4.69, 9.17) is 4.42 Å². The van der Waals surface area contributed by atoms with Crippen molar-refractivity contribution in [3.8, 4) is 0 Å². The Kier molecular flexibility index (Phi) is 6.65. The molecule has 0 radical (unpaired) electrons. The molecular weight excluding hydrogens is 366 g/mol. The van der Waals surface area contributed by atoms with Gasteiger partial charge in [-0.1, -0.05) is 18.9 Å². The quantitative estimate of drug-likeness (QED) is 0.757. The molecule has 3 rings (SSSR count). The lowest BCUT2D eigenvalue weighted by molar-refractivity contribution is -0.117. The second kappa shape index (κ2) is 9.16. The van der Waals surface area contributed by atoms with Crippen LogP contribution in [0.3, 0.4) is 0 Å². The van der Waals surface area contributed by atoms with Crippen LogP contribution in [0.5, 0.6) is 0 Å². The summed E-state index contributed by atoms with van der Waals surface area (Å²) in [6, 6.07) is 9.65. The molecule has 2 aromatic rings. The number of hydrogen-bond donors (Lipinski definition) is 2. The SMILES string of the molecule is O=C(CN1CCCCCC1)Nc1cccc(S(=O)(=O)NCc2ccco2)c1. The van der Waals surface area contributed by atoms with Crippen molar-refractivity contribution in [1.82, 2.24) is 9.62 Å². The van der Waals surface area contributed by atoms with E-state index in [2.05, 4.69) is 14.9 Å². The van der Waals surface area contributed by atoms with Crippen molar-refractivity contribution >= 4 is 21.6 Å². The Morgan fingerprint density at radius 1 is 1.07 bits per heavy atom. The first-order valence-electron chi connectivity index (χ1n) is 9.17. The molecule has 146 valence electrons. The molecule has 0 bridgehead atoms. The molecule has 0 atom stereocenters. The molecule has 1 aromatic heterocycles. The van der Waals surface area contributed by atoms with Crippen LogP contribution in [0, 0.1) is 0 Å².